The average molecular weight is 264 g/mol. The third-order valence-electron chi connectivity index (χ3n) is 2.53. The van der Waals surface area contributed by atoms with Crippen molar-refractivity contribution < 1.29 is 17.7 Å². The van der Waals surface area contributed by atoms with Crippen LogP contribution in [0, 0.1) is 11.8 Å². The van der Waals surface area contributed by atoms with Crippen LogP contribution in [0.3, 0.4) is 0 Å². The zero-order valence-electron chi connectivity index (χ0n) is 12.3. The molecule has 0 heterocycles. The Hall–Kier alpha value is 0.0569. The highest BCUT2D eigenvalue weighted by Gasteiger charge is 2.44. The van der Waals surface area contributed by atoms with E-state index < -0.39 is 9.05 Å². The highest BCUT2D eigenvalue weighted by molar-refractivity contribution is 6.53. The predicted octanol–water partition coefficient (Wildman–Crippen LogP) is 2.84. The molecule has 17 heavy (non-hydrogen) atoms. The van der Waals surface area contributed by atoms with E-state index in [1.54, 1.807) is 21.3 Å². The Morgan fingerprint density at radius 3 is 1.35 bits per heavy atom. The van der Waals surface area contributed by atoms with Gasteiger partial charge in [-0.3, -0.25) is 0 Å². The fraction of sp³-hybridized carbons (Fsp3) is 1.00. The fourth-order valence-corrected chi connectivity index (χ4v) is 3.23. The van der Waals surface area contributed by atoms with Crippen LogP contribution in [0.25, 0.3) is 0 Å². The van der Waals surface area contributed by atoms with Crippen LogP contribution in [-0.2, 0) is 17.7 Å². The van der Waals surface area contributed by atoms with Crippen molar-refractivity contribution in [3.05, 3.63) is 0 Å². The highest BCUT2D eigenvalue weighted by atomic mass is 28.4. The molecule has 0 fully saturated rings. The van der Waals surface area contributed by atoms with Gasteiger partial charge in [0.2, 0.25) is 0 Å². The van der Waals surface area contributed by atoms with E-state index in [0.29, 0.717) is 11.8 Å². The molecule has 0 unspecified atom stereocenters. The van der Waals surface area contributed by atoms with Crippen molar-refractivity contribution in [3.63, 3.8) is 0 Å². The van der Waals surface area contributed by atoms with E-state index in [1.165, 1.54) is 0 Å². The minimum atomic E-state index is -2.91. The quantitative estimate of drug-likeness (QED) is 0.600. The van der Waals surface area contributed by atoms with Gasteiger partial charge in [0.05, 0.1) is 6.10 Å². The molecular formula is C12H28O4Si. The highest BCUT2D eigenvalue weighted by Crippen LogP contribution is 2.21. The third-order valence-corrected chi connectivity index (χ3v) is 4.65. The second-order valence-corrected chi connectivity index (χ2v) is 7.57. The summed E-state index contributed by atoms with van der Waals surface area (Å²) in [6.45, 7) is 8.75. The van der Waals surface area contributed by atoms with Crippen molar-refractivity contribution in [1.29, 1.82) is 0 Å². The normalized spacial score (nSPS) is 13.1. The first kappa shape index (κ1) is 17.1. The summed E-state index contributed by atoms with van der Waals surface area (Å²) >= 11 is 0. The Bertz CT molecular complexity index is 175. The molecule has 0 saturated carbocycles. The average Bonchev–Trinajstić information content (AvgIpc) is 2.24. The van der Waals surface area contributed by atoms with Crippen LogP contribution in [0.5, 0.6) is 0 Å². The summed E-state index contributed by atoms with van der Waals surface area (Å²) in [6.07, 6.45) is 2.10. The molecule has 0 spiro atoms. The van der Waals surface area contributed by atoms with E-state index >= 15 is 0 Å². The molecule has 0 aromatic carbocycles. The van der Waals surface area contributed by atoms with Crippen LogP contribution < -0.4 is 0 Å². The third kappa shape index (κ3) is 6.52. The van der Waals surface area contributed by atoms with Crippen LogP contribution in [0.1, 0.15) is 40.5 Å². The maximum absolute atomic E-state index is 5.98. The van der Waals surface area contributed by atoms with E-state index in [4.69, 9.17) is 17.7 Å². The van der Waals surface area contributed by atoms with Crippen molar-refractivity contribution in [2.75, 3.05) is 21.3 Å². The van der Waals surface area contributed by atoms with Crippen molar-refractivity contribution in [2.45, 2.75) is 46.6 Å². The topological polar surface area (TPSA) is 36.9 Å². The summed E-state index contributed by atoms with van der Waals surface area (Å²) in [6, 6.07) is 0. The molecule has 0 N–H and O–H groups in total. The van der Waals surface area contributed by atoms with Gasteiger partial charge in [-0.2, -0.15) is 0 Å². The fourth-order valence-electron chi connectivity index (χ4n) is 1.84. The first-order valence-corrected chi connectivity index (χ1v) is 7.85. The molecule has 4 nitrogen and oxygen atoms in total. The molecule has 5 heteroatoms. The van der Waals surface area contributed by atoms with E-state index in [-0.39, 0.29) is 6.10 Å². The van der Waals surface area contributed by atoms with Gasteiger partial charge in [-0.15, -0.1) is 0 Å². The molecule has 0 atom stereocenters. The molecule has 0 aliphatic heterocycles. The van der Waals surface area contributed by atoms with E-state index in [0.717, 1.165) is 12.8 Å². The molecule has 0 aliphatic carbocycles. The Morgan fingerprint density at radius 2 is 1.12 bits per heavy atom. The SMILES string of the molecule is CO[Si](OC)(OC)OC(CC(C)C)CC(C)C. The molecule has 104 valence electrons. The van der Waals surface area contributed by atoms with Crippen molar-refractivity contribution in [2.24, 2.45) is 11.8 Å². The lowest BCUT2D eigenvalue weighted by Crippen LogP contribution is -2.49. The lowest BCUT2D eigenvalue weighted by molar-refractivity contribution is -0.0324. The van der Waals surface area contributed by atoms with Crippen molar-refractivity contribution >= 4 is 9.05 Å². The second kappa shape index (κ2) is 8.21. The first-order valence-electron chi connectivity index (χ1n) is 6.22. The Balaban J connectivity index is 4.57. The summed E-state index contributed by atoms with van der Waals surface area (Å²) in [5.74, 6) is 1.16. The van der Waals surface area contributed by atoms with Crippen LogP contribution in [-0.4, -0.2) is 36.5 Å². The second-order valence-electron chi connectivity index (χ2n) is 5.11. The lowest BCUT2D eigenvalue weighted by Gasteiger charge is -2.30. The maximum Gasteiger partial charge on any atom is 0.679 e. The van der Waals surface area contributed by atoms with Gasteiger partial charge in [-0.05, 0) is 24.7 Å². The van der Waals surface area contributed by atoms with E-state index in [9.17, 15) is 0 Å². The lowest BCUT2D eigenvalue weighted by atomic mass is 9.98. The summed E-state index contributed by atoms with van der Waals surface area (Å²) in [4.78, 5) is 0. The van der Waals surface area contributed by atoms with E-state index in [2.05, 4.69) is 27.7 Å². The molecule has 0 aliphatic rings. The number of rotatable bonds is 9. The molecular weight excluding hydrogens is 236 g/mol. The van der Waals surface area contributed by atoms with Gasteiger partial charge in [0.1, 0.15) is 0 Å². The molecule has 0 aromatic heterocycles. The van der Waals surface area contributed by atoms with Crippen molar-refractivity contribution in [1.82, 2.24) is 0 Å². The zero-order chi connectivity index (χ0) is 13.5. The minimum Gasteiger partial charge on any atom is -0.355 e. The smallest absolute Gasteiger partial charge is 0.355 e. The standard InChI is InChI=1S/C12H28O4Si/c1-10(2)8-12(9-11(3)4)16-17(13-5,14-6)15-7/h10-12H,8-9H2,1-7H3. The maximum atomic E-state index is 5.98. The minimum absolute atomic E-state index is 0.126. The van der Waals surface area contributed by atoms with Gasteiger partial charge in [0.15, 0.2) is 0 Å². The summed E-state index contributed by atoms with van der Waals surface area (Å²) in [5.41, 5.74) is 0. The van der Waals surface area contributed by atoms with Gasteiger partial charge in [-0.1, -0.05) is 27.7 Å². The molecule has 0 rings (SSSR count). The Morgan fingerprint density at radius 1 is 0.765 bits per heavy atom. The van der Waals surface area contributed by atoms with Gasteiger partial charge in [-0.25, -0.2) is 0 Å². The summed E-state index contributed by atoms with van der Waals surface area (Å²) in [7, 11) is 1.80. The summed E-state index contributed by atoms with van der Waals surface area (Å²) < 4.78 is 21.9. The molecule has 0 saturated heterocycles. The Labute approximate surface area is 107 Å². The van der Waals surface area contributed by atoms with Crippen LogP contribution in [0.4, 0.5) is 0 Å². The van der Waals surface area contributed by atoms with Gasteiger partial charge < -0.3 is 17.7 Å². The van der Waals surface area contributed by atoms with Crippen molar-refractivity contribution in [3.8, 4) is 0 Å². The van der Waals surface area contributed by atoms with E-state index in [1.807, 2.05) is 0 Å². The Kier molecular flexibility index (Phi) is 8.24. The molecule has 0 bridgehead atoms. The van der Waals surface area contributed by atoms with Gasteiger partial charge in [0.25, 0.3) is 0 Å². The number of hydrogen-bond donors (Lipinski definition) is 0. The molecule has 0 amide bonds. The van der Waals surface area contributed by atoms with Gasteiger partial charge >= 0.3 is 9.05 Å². The van der Waals surface area contributed by atoms with Crippen LogP contribution in [0.15, 0.2) is 0 Å². The number of hydrogen-bond acceptors (Lipinski definition) is 4. The predicted molar refractivity (Wildman–Crippen MR) is 70.6 cm³/mol. The van der Waals surface area contributed by atoms with Gasteiger partial charge in [0, 0.05) is 21.3 Å². The van der Waals surface area contributed by atoms with Crippen LogP contribution in [0.2, 0.25) is 0 Å². The monoisotopic (exact) mass is 264 g/mol. The molecule has 0 radical (unpaired) electrons. The first-order chi connectivity index (χ1) is 7.89. The molecule has 0 aromatic rings. The summed E-state index contributed by atoms with van der Waals surface area (Å²) in [5, 5.41) is 0. The van der Waals surface area contributed by atoms with Crippen LogP contribution >= 0.6 is 0 Å². The largest absolute Gasteiger partial charge is 0.679 e. The zero-order valence-corrected chi connectivity index (χ0v) is 13.3.